The second kappa shape index (κ2) is 6.07. The van der Waals surface area contributed by atoms with Gasteiger partial charge in [0.05, 0.1) is 19.8 Å². The van der Waals surface area contributed by atoms with Gasteiger partial charge in [-0.05, 0) is 24.6 Å². The minimum atomic E-state index is 0.312. The first kappa shape index (κ1) is 13.2. The molecule has 4 nitrogen and oxygen atoms in total. The minimum Gasteiger partial charge on any atom is -0.508 e. The molecular weight excluding hydrogens is 230 g/mol. The Balaban J connectivity index is 2.04. The number of methoxy groups -OCH3 is 1. The highest BCUT2D eigenvalue weighted by molar-refractivity contribution is 5.39. The summed E-state index contributed by atoms with van der Waals surface area (Å²) in [6, 6.07) is 5.35. The van der Waals surface area contributed by atoms with Crippen molar-refractivity contribution in [2.24, 2.45) is 0 Å². The molecule has 1 aliphatic rings. The Bertz CT molecular complexity index is 395. The van der Waals surface area contributed by atoms with Crippen LogP contribution < -0.4 is 4.74 Å². The summed E-state index contributed by atoms with van der Waals surface area (Å²) in [7, 11) is 1.64. The van der Waals surface area contributed by atoms with Crippen LogP contribution in [0.25, 0.3) is 0 Å². The van der Waals surface area contributed by atoms with Gasteiger partial charge in [0.15, 0.2) is 0 Å². The second-order valence-corrected chi connectivity index (χ2v) is 4.63. The number of morpholine rings is 1. The lowest BCUT2D eigenvalue weighted by atomic mass is 10.1. The molecular formula is C14H21NO3. The molecule has 100 valence electrons. The Morgan fingerprint density at radius 2 is 2.33 bits per heavy atom. The summed E-state index contributed by atoms with van der Waals surface area (Å²) in [6.07, 6.45) is 1.34. The number of aromatic hydroxyl groups is 1. The van der Waals surface area contributed by atoms with Crippen LogP contribution in [0.3, 0.4) is 0 Å². The van der Waals surface area contributed by atoms with Crippen molar-refractivity contribution >= 4 is 0 Å². The van der Waals surface area contributed by atoms with Crippen molar-refractivity contribution in [2.45, 2.75) is 26.0 Å². The predicted octanol–water partition coefficient (Wildman–Crippen LogP) is 2.01. The summed E-state index contributed by atoms with van der Waals surface area (Å²) < 4.78 is 10.8. The van der Waals surface area contributed by atoms with Crippen LogP contribution in [-0.2, 0) is 11.3 Å². The van der Waals surface area contributed by atoms with Crippen molar-refractivity contribution in [2.75, 3.05) is 26.8 Å². The summed E-state index contributed by atoms with van der Waals surface area (Å²) >= 11 is 0. The smallest absolute Gasteiger partial charge is 0.120 e. The highest BCUT2D eigenvalue weighted by Crippen LogP contribution is 2.25. The van der Waals surface area contributed by atoms with Gasteiger partial charge in [-0.25, -0.2) is 0 Å². The summed E-state index contributed by atoms with van der Waals surface area (Å²) in [5.74, 6) is 1.11. The molecule has 0 aliphatic carbocycles. The van der Waals surface area contributed by atoms with Crippen molar-refractivity contribution in [1.29, 1.82) is 0 Å². The monoisotopic (exact) mass is 251 g/mol. The first-order valence-electron chi connectivity index (χ1n) is 6.42. The normalized spacial score (nSPS) is 20.9. The number of hydrogen-bond acceptors (Lipinski definition) is 4. The summed E-state index contributed by atoms with van der Waals surface area (Å²) in [6.45, 7) is 5.48. The van der Waals surface area contributed by atoms with Crippen LogP contribution in [0, 0.1) is 0 Å². The van der Waals surface area contributed by atoms with Crippen LogP contribution in [-0.4, -0.2) is 42.9 Å². The van der Waals surface area contributed by atoms with Crippen LogP contribution in [0.5, 0.6) is 11.5 Å². The average molecular weight is 251 g/mol. The van der Waals surface area contributed by atoms with Gasteiger partial charge in [-0.3, -0.25) is 4.90 Å². The molecule has 4 heteroatoms. The molecule has 0 radical (unpaired) electrons. The third-order valence-corrected chi connectivity index (χ3v) is 3.36. The molecule has 1 atom stereocenters. The molecule has 18 heavy (non-hydrogen) atoms. The zero-order valence-corrected chi connectivity index (χ0v) is 11.1. The van der Waals surface area contributed by atoms with Crippen molar-refractivity contribution in [3.63, 3.8) is 0 Å². The van der Waals surface area contributed by atoms with Crippen molar-refractivity contribution in [1.82, 2.24) is 4.90 Å². The van der Waals surface area contributed by atoms with E-state index in [1.165, 1.54) is 0 Å². The van der Waals surface area contributed by atoms with E-state index in [0.717, 1.165) is 44.0 Å². The van der Waals surface area contributed by atoms with Crippen LogP contribution in [0.2, 0.25) is 0 Å². The van der Waals surface area contributed by atoms with E-state index in [1.807, 2.05) is 6.07 Å². The van der Waals surface area contributed by atoms with Gasteiger partial charge in [-0.1, -0.05) is 6.92 Å². The van der Waals surface area contributed by atoms with Gasteiger partial charge in [-0.15, -0.1) is 0 Å². The number of phenolic OH excluding ortho intramolecular Hbond substituents is 1. The number of rotatable bonds is 4. The fraction of sp³-hybridized carbons (Fsp3) is 0.571. The van der Waals surface area contributed by atoms with Crippen molar-refractivity contribution in [3.05, 3.63) is 23.8 Å². The fourth-order valence-electron chi connectivity index (χ4n) is 2.23. The van der Waals surface area contributed by atoms with Gasteiger partial charge in [-0.2, -0.15) is 0 Å². The Morgan fingerprint density at radius 1 is 1.50 bits per heavy atom. The lowest BCUT2D eigenvalue weighted by molar-refractivity contribution is -0.0326. The average Bonchev–Trinajstić information content (AvgIpc) is 2.41. The van der Waals surface area contributed by atoms with E-state index in [1.54, 1.807) is 19.2 Å². The number of nitrogens with zero attached hydrogens (tertiary/aromatic N) is 1. The van der Waals surface area contributed by atoms with Crippen LogP contribution in [0.4, 0.5) is 0 Å². The maximum absolute atomic E-state index is 9.87. The quantitative estimate of drug-likeness (QED) is 0.889. The molecule has 1 fully saturated rings. The molecule has 1 aliphatic heterocycles. The molecule has 0 bridgehead atoms. The van der Waals surface area contributed by atoms with Gasteiger partial charge in [0, 0.05) is 25.2 Å². The van der Waals surface area contributed by atoms with Gasteiger partial charge in [0.2, 0.25) is 0 Å². The number of benzene rings is 1. The molecule has 1 N–H and O–H groups in total. The van der Waals surface area contributed by atoms with E-state index in [2.05, 4.69) is 11.8 Å². The molecule has 1 heterocycles. The van der Waals surface area contributed by atoms with Gasteiger partial charge >= 0.3 is 0 Å². The highest BCUT2D eigenvalue weighted by Gasteiger charge is 2.19. The zero-order valence-electron chi connectivity index (χ0n) is 11.1. The summed E-state index contributed by atoms with van der Waals surface area (Å²) in [5, 5.41) is 9.87. The number of hydrogen-bond donors (Lipinski definition) is 1. The molecule has 0 spiro atoms. The van der Waals surface area contributed by atoms with E-state index in [4.69, 9.17) is 9.47 Å². The lowest BCUT2D eigenvalue weighted by Gasteiger charge is -2.32. The third-order valence-electron chi connectivity index (χ3n) is 3.36. The maximum Gasteiger partial charge on any atom is 0.120 e. The van der Waals surface area contributed by atoms with E-state index in [0.29, 0.717) is 11.9 Å². The molecule has 1 aromatic rings. The lowest BCUT2D eigenvalue weighted by Crippen LogP contribution is -2.41. The third kappa shape index (κ3) is 3.15. The summed E-state index contributed by atoms with van der Waals surface area (Å²) in [5.41, 5.74) is 0.908. The first-order chi connectivity index (χ1) is 8.72. The van der Waals surface area contributed by atoms with Crippen molar-refractivity contribution < 1.29 is 14.6 Å². The van der Waals surface area contributed by atoms with Gasteiger partial charge in [0.1, 0.15) is 11.5 Å². The zero-order chi connectivity index (χ0) is 13.0. The number of ether oxygens (including phenoxy) is 2. The number of phenols is 1. The van der Waals surface area contributed by atoms with Crippen LogP contribution >= 0.6 is 0 Å². The first-order valence-corrected chi connectivity index (χ1v) is 6.42. The predicted molar refractivity (Wildman–Crippen MR) is 70.0 cm³/mol. The maximum atomic E-state index is 9.87. The van der Waals surface area contributed by atoms with E-state index >= 15 is 0 Å². The Hall–Kier alpha value is -1.26. The topological polar surface area (TPSA) is 41.9 Å². The minimum absolute atomic E-state index is 0.312. The van der Waals surface area contributed by atoms with Crippen LogP contribution in [0.15, 0.2) is 18.2 Å². The molecule has 1 saturated heterocycles. The van der Waals surface area contributed by atoms with Crippen molar-refractivity contribution in [3.8, 4) is 11.5 Å². The SMILES string of the molecule is CCC1CN(Cc2cc(OC)ccc2O)CCO1. The summed E-state index contributed by atoms with van der Waals surface area (Å²) in [4.78, 5) is 2.31. The standard InChI is InChI=1S/C14H21NO3/c1-3-12-10-15(6-7-18-12)9-11-8-13(17-2)4-5-14(11)16/h4-5,8,12,16H,3,6-7,9-10H2,1-2H3. The fourth-order valence-corrected chi connectivity index (χ4v) is 2.23. The molecule has 1 unspecified atom stereocenters. The second-order valence-electron chi connectivity index (χ2n) is 4.63. The Labute approximate surface area is 108 Å². The van der Waals surface area contributed by atoms with E-state index < -0.39 is 0 Å². The molecule has 1 aromatic carbocycles. The largest absolute Gasteiger partial charge is 0.508 e. The van der Waals surface area contributed by atoms with E-state index in [-0.39, 0.29) is 0 Å². The molecule has 0 amide bonds. The van der Waals surface area contributed by atoms with Gasteiger partial charge in [0.25, 0.3) is 0 Å². The van der Waals surface area contributed by atoms with Crippen LogP contribution in [0.1, 0.15) is 18.9 Å². The molecule has 0 aromatic heterocycles. The Morgan fingerprint density at radius 3 is 3.06 bits per heavy atom. The van der Waals surface area contributed by atoms with E-state index in [9.17, 15) is 5.11 Å². The Kier molecular flexibility index (Phi) is 4.44. The molecule has 2 rings (SSSR count). The highest BCUT2D eigenvalue weighted by atomic mass is 16.5. The molecule has 0 saturated carbocycles. The van der Waals surface area contributed by atoms with Gasteiger partial charge < -0.3 is 14.6 Å².